The van der Waals surface area contributed by atoms with Crippen LogP contribution >= 0.6 is 0 Å². The molecule has 2 rings (SSSR count). The molecule has 1 saturated heterocycles. The number of rotatable bonds is 3. The fourth-order valence-electron chi connectivity index (χ4n) is 1.95. The molecule has 1 atom stereocenters. The summed E-state index contributed by atoms with van der Waals surface area (Å²) in [5.41, 5.74) is -1.06. The van der Waals surface area contributed by atoms with Crippen LogP contribution in [0.25, 0.3) is 0 Å². The van der Waals surface area contributed by atoms with Gasteiger partial charge in [0.05, 0.1) is 12.1 Å². The Balaban J connectivity index is 2.08. The van der Waals surface area contributed by atoms with Crippen LogP contribution in [0.2, 0.25) is 0 Å². The first-order valence-corrected chi connectivity index (χ1v) is 6.27. The van der Waals surface area contributed by atoms with E-state index >= 15 is 0 Å². The minimum Gasteiger partial charge on any atom is -0.452 e. The third-order valence-corrected chi connectivity index (χ3v) is 3.22. The lowest BCUT2D eigenvalue weighted by Gasteiger charge is -2.18. The van der Waals surface area contributed by atoms with Crippen molar-refractivity contribution in [3.05, 3.63) is 18.0 Å². The predicted molar refractivity (Wildman–Crippen MR) is 63.1 cm³/mol. The highest BCUT2D eigenvalue weighted by atomic mass is 19.4. The number of alkyl halides is 5. The zero-order chi connectivity index (χ0) is 15.8. The van der Waals surface area contributed by atoms with Crippen LogP contribution in [-0.2, 0) is 6.18 Å². The lowest BCUT2D eigenvalue weighted by molar-refractivity contribution is -0.138. The Labute approximate surface area is 117 Å². The van der Waals surface area contributed by atoms with E-state index < -0.39 is 36.3 Å². The van der Waals surface area contributed by atoms with Gasteiger partial charge in [0.2, 0.25) is 0 Å². The maximum Gasteiger partial charge on any atom is 0.419 e. The summed E-state index contributed by atoms with van der Waals surface area (Å²) in [7, 11) is 0. The number of hydrogen-bond donors (Lipinski definition) is 0. The standard InChI is InChI=1S/C12H14F5N3O/c1-7(2)20-5-9(11(13,14)6-20)21-10-18-3-8(4-19-10)12(15,16)17/h3-4,7,9H,5-6H2,1-2H3/t9-/m0/s1. The maximum absolute atomic E-state index is 13.8. The number of halogens is 5. The van der Waals surface area contributed by atoms with Gasteiger partial charge in [-0.15, -0.1) is 0 Å². The van der Waals surface area contributed by atoms with Crippen molar-refractivity contribution in [2.75, 3.05) is 13.1 Å². The van der Waals surface area contributed by atoms with Crippen molar-refractivity contribution in [1.82, 2.24) is 14.9 Å². The Hall–Kier alpha value is -1.51. The first-order chi connectivity index (χ1) is 9.59. The van der Waals surface area contributed by atoms with Gasteiger partial charge < -0.3 is 4.74 Å². The molecule has 4 nitrogen and oxygen atoms in total. The molecule has 0 spiro atoms. The molecule has 118 valence electrons. The predicted octanol–water partition coefficient (Wildman–Crippen LogP) is 2.60. The van der Waals surface area contributed by atoms with Gasteiger partial charge in [0, 0.05) is 25.0 Å². The van der Waals surface area contributed by atoms with E-state index in [2.05, 4.69) is 9.97 Å². The van der Waals surface area contributed by atoms with Gasteiger partial charge in [-0.05, 0) is 13.8 Å². The second-order valence-electron chi connectivity index (χ2n) is 5.14. The third-order valence-electron chi connectivity index (χ3n) is 3.22. The molecule has 0 N–H and O–H groups in total. The Kier molecular flexibility index (Phi) is 4.05. The number of hydrogen-bond acceptors (Lipinski definition) is 4. The highest BCUT2D eigenvalue weighted by Gasteiger charge is 2.50. The molecule has 0 unspecified atom stereocenters. The van der Waals surface area contributed by atoms with Crippen LogP contribution in [0.4, 0.5) is 22.0 Å². The van der Waals surface area contributed by atoms with Crippen LogP contribution in [0, 0.1) is 0 Å². The van der Waals surface area contributed by atoms with E-state index in [1.54, 1.807) is 13.8 Å². The zero-order valence-electron chi connectivity index (χ0n) is 11.4. The van der Waals surface area contributed by atoms with E-state index in [-0.39, 0.29) is 12.6 Å². The first kappa shape index (κ1) is 15.9. The second-order valence-corrected chi connectivity index (χ2v) is 5.14. The number of ether oxygens (including phenoxy) is 1. The fraction of sp³-hybridized carbons (Fsp3) is 0.667. The van der Waals surface area contributed by atoms with Gasteiger partial charge in [0.25, 0.3) is 5.92 Å². The summed E-state index contributed by atoms with van der Waals surface area (Å²) in [5.74, 6) is -3.10. The molecule has 21 heavy (non-hydrogen) atoms. The SMILES string of the molecule is CC(C)N1C[C@H](Oc2ncc(C(F)(F)F)cn2)C(F)(F)C1. The van der Waals surface area contributed by atoms with Crippen molar-refractivity contribution < 1.29 is 26.7 Å². The molecule has 0 bridgehead atoms. The quantitative estimate of drug-likeness (QED) is 0.804. The second kappa shape index (κ2) is 5.36. The molecule has 0 amide bonds. The van der Waals surface area contributed by atoms with E-state index in [1.165, 1.54) is 4.90 Å². The van der Waals surface area contributed by atoms with Crippen LogP contribution in [0.15, 0.2) is 12.4 Å². The number of aromatic nitrogens is 2. The smallest absolute Gasteiger partial charge is 0.419 e. The van der Waals surface area contributed by atoms with Crippen molar-refractivity contribution in [2.45, 2.75) is 38.1 Å². The lowest BCUT2D eigenvalue weighted by atomic mass is 10.2. The van der Waals surface area contributed by atoms with Gasteiger partial charge in [-0.2, -0.15) is 13.2 Å². The fourth-order valence-corrected chi connectivity index (χ4v) is 1.95. The molecule has 1 fully saturated rings. The Bertz CT molecular complexity index is 489. The maximum atomic E-state index is 13.8. The zero-order valence-corrected chi connectivity index (χ0v) is 11.4. The summed E-state index contributed by atoms with van der Waals surface area (Å²) in [6.45, 7) is 3.05. The van der Waals surface area contributed by atoms with Crippen LogP contribution in [0.1, 0.15) is 19.4 Å². The molecule has 9 heteroatoms. The van der Waals surface area contributed by atoms with Crippen molar-refractivity contribution in [3.8, 4) is 6.01 Å². The molecule has 0 saturated carbocycles. The summed E-state index contributed by atoms with van der Waals surface area (Å²) in [6.07, 6.45) is -5.04. The molecule has 1 aromatic rings. The molecule has 1 aromatic heterocycles. The Morgan fingerprint density at radius 1 is 1.29 bits per heavy atom. The highest BCUT2D eigenvalue weighted by Crippen LogP contribution is 2.32. The minimum atomic E-state index is -4.58. The third kappa shape index (κ3) is 3.58. The molecule has 0 aromatic carbocycles. The van der Waals surface area contributed by atoms with Gasteiger partial charge in [-0.3, -0.25) is 4.90 Å². The monoisotopic (exact) mass is 311 g/mol. The Morgan fingerprint density at radius 3 is 2.29 bits per heavy atom. The van der Waals surface area contributed by atoms with Gasteiger partial charge in [0.15, 0.2) is 6.10 Å². The molecular formula is C12H14F5N3O. The van der Waals surface area contributed by atoms with Gasteiger partial charge in [-0.25, -0.2) is 18.7 Å². The van der Waals surface area contributed by atoms with E-state index in [1.807, 2.05) is 0 Å². The summed E-state index contributed by atoms with van der Waals surface area (Å²) < 4.78 is 69.5. The lowest BCUT2D eigenvalue weighted by Crippen LogP contribution is -2.37. The van der Waals surface area contributed by atoms with E-state index in [0.29, 0.717) is 12.4 Å². The molecular weight excluding hydrogens is 297 g/mol. The van der Waals surface area contributed by atoms with E-state index in [4.69, 9.17) is 4.74 Å². The molecule has 1 aliphatic heterocycles. The molecule has 2 heterocycles. The molecule has 0 aliphatic carbocycles. The van der Waals surface area contributed by atoms with Crippen molar-refractivity contribution in [2.24, 2.45) is 0 Å². The molecule has 1 aliphatic rings. The number of nitrogens with zero attached hydrogens (tertiary/aromatic N) is 3. The normalized spacial score (nSPS) is 22.8. The summed E-state index contributed by atoms with van der Waals surface area (Å²) >= 11 is 0. The average molecular weight is 311 g/mol. The Morgan fingerprint density at radius 2 is 1.86 bits per heavy atom. The average Bonchev–Trinajstić information content (AvgIpc) is 2.65. The van der Waals surface area contributed by atoms with Crippen LogP contribution in [0.3, 0.4) is 0 Å². The first-order valence-electron chi connectivity index (χ1n) is 6.27. The summed E-state index contributed by atoms with van der Waals surface area (Å²) in [4.78, 5) is 8.20. The topological polar surface area (TPSA) is 38.2 Å². The van der Waals surface area contributed by atoms with Crippen LogP contribution in [0.5, 0.6) is 6.01 Å². The van der Waals surface area contributed by atoms with Crippen molar-refractivity contribution in [1.29, 1.82) is 0 Å². The summed E-state index contributed by atoms with van der Waals surface area (Å²) in [5, 5.41) is 0. The van der Waals surface area contributed by atoms with Gasteiger partial charge in [0.1, 0.15) is 0 Å². The number of likely N-dealkylation sites (tertiary alicyclic amines) is 1. The van der Waals surface area contributed by atoms with Crippen molar-refractivity contribution in [3.63, 3.8) is 0 Å². The largest absolute Gasteiger partial charge is 0.452 e. The van der Waals surface area contributed by atoms with Gasteiger partial charge in [-0.1, -0.05) is 0 Å². The van der Waals surface area contributed by atoms with Gasteiger partial charge >= 0.3 is 12.2 Å². The van der Waals surface area contributed by atoms with E-state index in [9.17, 15) is 22.0 Å². The minimum absolute atomic E-state index is 0.0327. The van der Waals surface area contributed by atoms with E-state index in [0.717, 1.165) is 0 Å². The summed E-state index contributed by atoms with van der Waals surface area (Å²) in [6, 6.07) is -0.573. The van der Waals surface area contributed by atoms with Crippen molar-refractivity contribution >= 4 is 0 Å². The highest BCUT2D eigenvalue weighted by molar-refractivity contribution is 5.11. The van der Waals surface area contributed by atoms with Crippen LogP contribution in [-0.4, -0.2) is 46.0 Å². The molecule has 0 radical (unpaired) electrons. The van der Waals surface area contributed by atoms with Crippen LogP contribution < -0.4 is 4.74 Å².